The van der Waals surface area contributed by atoms with Gasteiger partial charge in [-0.15, -0.1) is 6.58 Å². The molecule has 0 spiro atoms. The summed E-state index contributed by atoms with van der Waals surface area (Å²) in [5, 5.41) is 0.570. The number of carbonyl (C=O) groups is 1. The normalized spacial score (nSPS) is 18.8. The van der Waals surface area contributed by atoms with Crippen LogP contribution in [0.4, 0.5) is 5.69 Å². The van der Waals surface area contributed by atoms with Gasteiger partial charge in [0.25, 0.3) is 0 Å². The molecule has 1 atom stereocenters. The van der Waals surface area contributed by atoms with Gasteiger partial charge in [0.15, 0.2) is 5.75 Å². The number of nitrogens with zero attached hydrogens (tertiary/aromatic N) is 1. The van der Waals surface area contributed by atoms with Crippen LogP contribution in [-0.4, -0.2) is 19.1 Å². The maximum absolute atomic E-state index is 12.1. The molecule has 1 aromatic carbocycles. The van der Waals surface area contributed by atoms with Crippen LogP contribution in [0.5, 0.6) is 5.75 Å². The van der Waals surface area contributed by atoms with Crippen molar-refractivity contribution in [1.29, 1.82) is 0 Å². The Balaban J connectivity index is 2.43. The van der Waals surface area contributed by atoms with E-state index in [0.717, 1.165) is 10.2 Å². The lowest BCUT2D eigenvalue weighted by Crippen LogP contribution is -2.25. The number of carbonyl (C=O) groups excluding carboxylic acids is 1. The fourth-order valence-corrected chi connectivity index (χ4v) is 3.07. The van der Waals surface area contributed by atoms with E-state index in [1.807, 2.05) is 13.0 Å². The molecule has 0 radical (unpaired) electrons. The molecule has 1 heterocycles. The summed E-state index contributed by atoms with van der Waals surface area (Å²) in [4.78, 5) is 13.8. The van der Waals surface area contributed by atoms with E-state index in [4.69, 9.17) is 16.3 Å². The molecule has 0 aromatic heterocycles. The molecule has 1 saturated heterocycles. The first-order chi connectivity index (χ1) is 9.06. The van der Waals surface area contributed by atoms with Gasteiger partial charge < -0.3 is 9.64 Å². The summed E-state index contributed by atoms with van der Waals surface area (Å²) in [5.41, 5.74) is 0.718. The average Bonchev–Trinajstić information content (AvgIpc) is 2.74. The van der Waals surface area contributed by atoms with Gasteiger partial charge in [-0.2, -0.15) is 0 Å². The van der Waals surface area contributed by atoms with Gasteiger partial charge in [-0.25, -0.2) is 0 Å². The van der Waals surface area contributed by atoms with Gasteiger partial charge in [0.2, 0.25) is 5.91 Å². The number of anilines is 1. The molecule has 1 aromatic rings. The topological polar surface area (TPSA) is 29.5 Å². The van der Waals surface area contributed by atoms with Gasteiger partial charge in [-0.05, 0) is 35.0 Å². The smallest absolute Gasteiger partial charge is 0.227 e. The maximum atomic E-state index is 12.1. The zero-order chi connectivity index (χ0) is 14.0. The predicted molar refractivity (Wildman–Crippen MR) is 81.0 cm³/mol. The summed E-state index contributed by atoms with van der Waals surface area (Å²) >= 11 is 9.51. The van der Waals surface area contributed by atoms with Crippen LogP contribution in [0.1, 0.15) is 13.3 Å². The van der Waals surface area contributed by atoms with E-state index in [2.05, 4.69) is 22.5 Å². The van der Waals surface area contributed by atoms with Crippen molar-refractivity contribution in [3.05, 3.63) is 34.3 Å². The molecule has 2 rings (SSSR count). The number of rotatable bonds is 4. The number of hydrogen-bond donors (Lipinski definition) is 0. The number of hydrogen-bond acceptors (Lipinski definition) is 2. The van der Waals surface area contributed by atoms with E-state index >= 15 is 0 Å². The highest BCUT2D eigenvalue weighted by molar-refractivity contribution is 9.10. The van der Waals surface area contributed by atoms with E-state index in [1.165, 1.54) is 0 Å². The minimum Gasteiger partial charge on any atom is -0.490 e. The van der Waals surface area contributed by atoms with Crippen LogP contribution in [0.3, 0.4) is 0 Å². The lowest BCUT2D eigenvalue weighted by Gasteiger charge is -2.21. The maximum Gasteiger partial charge on any atom is 0.227 e. The molecule has 1 aliphatic heterocycles. The number of amides is 1. The summed E-state index contributed by atoms with van der Waals surface area (Å²) in [7, 11) is 0. The Morgan fingerprint density at radius 3 is 2.95 bits per heavy atom. The van der Waals surface area contributed by atoms with Crippen LogP contribution in [0, 0.1) is 5.92 Å². The van der Waals surface area contributed by atoms with E-state index in [-0.39, 0.29) is 11.8 Å². The lowest BCUT2D eigenvalue weighted by molar-refractivity contribution is -0.117. The molecule has 0 saturated carbocycles. The first-order valence-electron chi connectivity index (χ1n) is 6.11. The molecule has 0 bridgehead atoms. The second-order valence-corrected chi connectivity index (χ2v) is 5.66. The van der Waals surface area contributed by atoms with Gasteiger partial charge in [0, 0.05) is 23.9 Å². The van der Waals surface area contributed by atoms with Crippen LogP contribution in [0.2, 0.25) is 5.02 Å². The Morgan fingerprint density at radius 1 is 1.63 bits per heavy atom. The van der Waals surface area contributed by atoms with E-state index in [9.17, 15) is 4.79 Å². The summed E-state index contributed by atoms with van der Waals surface area (Å²) in [6.45, 7) is 6.81. The third-order valence-electron chi connectivity index (χ3n) is 3.06. The Labute approximate surface area is 126 Å². The van der Waals surface area contributed by atoms with Crippen molar-refractivity contribution in [3.8, 4) is 5.75 Å². The van der Waals surface area contributed by atoms with Gasteiger partial charge in [-0.1, -0.05) is 17.7 Å². The average molecular weight is 345 g/mol. The molecule has 0 N–H and O–H groups in total. The summed E-state index contributed by atoms with van der Waals surface area (Å²) in [6.07, 6.45) is 2.30. The van der Waals surface area contributed by atoms with Crippen molar-refractivity contribution in [2.24, 2.45) is 5.92 Å². The number of ether oxygens (including phenoxy) is 1. The highest BCUT2D eigenvalue weighted by Crippen LogP contribution is 2.41. The van der Waals surface area contributed by atoms with Crippen molar-refractivity contribution in [2.45, 2.75) is 13.3 Å². The Morgan fingerprint density at radius 2 is 2.37 bits per heavy atom. The molecule has 1 fully saturated rings. The van der Waals surface area contributed by atoms with E-state index in [1.54, 1.807) is 17.0 Å². The predicted octanol–water partition coefficient (Wildman–Crippen LogP) is 4.04. The molecule has 0 aliphatic carbocycles. The molecule has 19 heavy (non-hydrogen) atoms. The second-order valence-electron chi connectivity index (χ2n) is 4.37. The van der Waals surface area contributed by atoms with E-state index in [0.29, 0.717) is 30.3 Å². The van der Waals surface area contributed by atoms with Gasteiger partial charge >= 0.3 is 0 Å². The first kappa shape index (κ1) is 14.4. The number of benzene rings is 1. The molecular formula is C14H15BrClNO2. The Hall–Kier alpha value is -1.00. The van der Waals surface area contributed by atoms with Gasteiger partial charge in [0.1, 0.15) is 0 Å². The van der Waals surface area contributed by atoms with Crippen molar-refractivity contribution >= 4 is 39.1 Å². The second kappa shape index (κ2) is 5.97. The summed E-state index contributed by atoms with van der Waals surface area (Å²) in [5.74, 6) is 0.907. The SMILES string of the molecule is C=CC1CC(=O)N(c2cc(Cl)cc(Br)c2OCC)C1. The zero-order valence-corrected chi connectivity index (χ0v) is 13.0. The fourth-order valence-electron chi connectivity index (χ4n) is 2.16. The van der Waals surface area contributed by atoms with Crippen LogP contribution >= 0.6 is 27.5 Å². The molecule has 102 valence electrons. The third kappa shape index (κ3) is 2.95. The minimum atomic E-state index is 0.0695. The van der Waals surface area contributed by atoms with Crippen LogP contribution in [0.15, 0.2) is 29.3 Å². The zero-order valence-electron chi connectivity index (χ0n) is 10.7. The van der Waals surface area contributed by atoms with Crippen LogP contribution < -0.4 is 9.64 Å². The minimum absolute atomic E-state index is 0.0695. The Kier molecular flexibility index (Phi) is 4.53. The molecule has 3 nitrogen and oxygen atoms in total. The monoisotopic (exact) mass is 343 g/mol. The fraction of sp³-hybridized carbons (Fsp3) is 0.357. The molecular weight excluding hydrogens is 330 g/mol. The molecule has 1 aliphatic rings. The molecule has 1 amide bonds. The highest BCUT2D eigenvalue weighted by Gasteiger charge is 2.31. The molecule has 1 unspecified atom stereocenters. The standard InChI is InChI=1S/C14H15BrClNO2/c1-3-9-5-13(18)17(8-9)12-7-10(16)6-11(15)14(12)19-4-2/h3,6-7,9H,1,4-5,8H2,2H3. The van der Waals surface area contributed by atoms with Crippen LogP contribution in [-0.2, 0) is 4.79 Å². The van der Waals surface area contributed by atoms with Gasteiger partial charge in [-0.3, -0.25) is 4.79 Å². The Bertz CT molecular complexity index is 518. The van der Waals surface area contributed by atoms with Gasteiger partial charge in [0.05, 0.1) is 16.8 Å². The largest absolute Gasteiger partial charge is 0.490 e. The summed E-state index contributed by atoms with van der Waals surface area (Å²) < 4.78 is 6.38. The highest BCUT2D eigenvalue weighted by atomic mass is 79.9. The molecule has 5 heteroatoms. The number of halogens is 2. The van der Waals surface area contributed by atoms with Crippen LogP contribution in [0.25, 0.3) is 0 Å². The van der Waals surface area contributed by atoms with E-state index < -0.39 is 0 Å². The third-order valence-corrected chi connectivity index (χ3v) is 3.86. The van der Waals surface area contributed by atoms with Crippen molar-refractivity contribution in [2.75, 3.05) is 18.1 Å². The van der Waals surface area contributed by atoms with Crippen molar-refractivity contribution in [3.63, 3.8) is 0 Å². The lowest BCUT2D eigenvalue weighted by atomic mass is 10.1. The summed E-state index contributed by atoms with van der Waals surface area (Å²) in [6, 6.07) is 3.53. The van der Waals surface area contributed by atoms with Crippen molar-refractivity contribution < 1.29 is 9.53 Å². The van der Waals surface area contributed by atoms with Crippen molar-refractivity contribution in [1.82, 2.24) is 0 Å². The quantitative estimate of drug-likeness (QED) is 0.772. The first-order valence-corrected chi connectivity index (χ1v) is 7.28.